The third-order valence-electron chi connectivity index (χ3n) is 6.46. The second-order valence-electron chi connectivity index (χ2n) is 8.64. The highest BCUT2D eigenvalue weighted by Gasteiger charge is 2.35. The molecule has 2 heterocycles. The summed E-state index contributed by atoms with van der Waals surface area (Å²) in [4.78, 5) is 17.6. The van der Waals surface area contributed by atoms with E-state index in [1.54, 1.807) is 0 Å². The van der Waals surface area contributed by atoms with E-state index in [1.165, 1.54) is 11.1 Å². The van der Waals surface area contributed by atoms with Crippen molar-refractivity contribution in [2.24, 2.45) is 5.92 Å². The van der Waals surface area contributed by atoms with Gasteiger partial charge in [-0.3, -0.25) is 4.79 Å². The smallest absolute Gasteiger partial charge is 0.224 e. The summed E-state index contributed by atoms with van der Waals surface area (Å²) in [5.41, 5.74) is 4.54. The van der Waals surface area contributed by atoms with Crippen LogP contribution in [0, 0.1) is 19.8 Å². The fraction of sp³-hybridized carbons (Fsp3) is 0.440. The number of nitrogens with zero attached hydrogens (tertiary/aromatic N) is 2. The zero-order chi connectivity index (χ0) is 21.1. The third-order valence-corrected chi connectivity index (χ3v) is 6.46. The maximum Gasteiger partial charge on any atom is 0.224 e. The van der Waals surface area contributed by atoms with E-state index in [9.17, 15) is 4.79 Å². The molecule has 3 aromatic rings. The minimum Gasteiger partial charge on any atom is -0.381 e. The first-order valence-corrected chi connectivity index (χ1v) is 10.8. The molecule has 1 aliphatic heterocycles. The Kier molecular flexibility index (Phi) is 5.91. The highest BCUT2D eigenvalue weighted by atomic mass is 16.5. The molecule has 1 fully saturated rings. The quantitative estimate of drug-likeness (QED) is 0.670. The van der Waals surface area contributed by atoms with Crippen LogP contribution < -0.4 is 5.32 Å². The number of rotatable bonds is 6. The molecule has 2 aromatic carbocycles. The van der Waals surface area contributed by atoms with Gasteiger partial charge in [-0.05, 0) is 44.4 Å². The number of nitrogens with one attached hydrogen (secondary N) is 1. The van der Waals surface area contributed by atoms with Crippen molar-refractivity contribution in [3.63, 3.8) is 0 Å². The van der Waals surface area contributed by atoms with E-state index >= 15 is 0 Å². The van der Waals surface area contributed by atoms with E-state index in [2.05, 4.69) is 52.1 Å². The molecule has 0 aliphatic carbocycles. The number of aryl methyl sites for hydroxylation is 2. The van der Waals surface area contributed by atoms with E-state index in [0.29, 0.717) is 13.1 Å². The second kappa shape index (κ2) is 8.60. The molecular weight excluding hydrogens is 374 g/mol. The van der Waals surface area contributed by atoms with Crippen molar-refractivity contribution in [3.05, 3.63) is 65.5 Å². The Hall–Kier alpha value is -2.66. The normalized spacial score (nSPS) is 17.0. The summed E-state index contributed by atoms with van der Waals surface area (Å²) < 4.78 is 7.77. The standard InChI is InChI=1S/C25H31N3O2/c1-18-8-10-21(11-9-18)25(12-14-30-15-13-25)17-26-24(29)19(2)16-28-20(3)27-22-6-4-5-7-23(22)28/h4-11,19H,12-17H2,1-3H3,(H,26,29)/t19-/m1/s1. The summed E-state index contributed by atoms with van der Waals surface area (Å²) in [6.45, 7) is 8.83. The van der Waals surface area contributed by atoms with Crippen LogP contribution in [0.5, 0.6) is 0 Å². The van der Waals surface area contributed by atoms with Gasteiger partial charge in [-0.25, -0.2) is 4.98 Å². The topological polar surface area (TPSA) is 56.2 Å². The lowest BCUT2D eigenvalue weighted by atomic mass is 9.74. The van der Waals surface area contributed by atoms with Crippen LogP contribution in [0.1, 0.15) is 36.7 Å². The summed E-state index contributed by atoms with van der Waals surface area (Å²) in [5.74, 6) is 0.887. The van der Waals surface area contributed by atoms with Crippen molar-refractivity contribution in [2.45, 2.75) is 45.6 Å². The first kappa shape index (κ1) is 20.6. The van der Waals surface area contributed by atoms with Gasteiger partial charge in [0.2, 0.25) is 5.91 Å². The average molecular weight is 406 g/mol. The van der Waals surface area contributed by atoms with Crippen molar-refractivity contribution >= 4 is 16.9 Å². The van der Waals surface area contributed by atoms with Crippen molar-refractivity contribution in [1.82, 2.24) is 14.9 Å². The number of aromatic nitrogens is 2. The molecule has 158 valence electrons. The number of ether oxygens (including phenoxy) is 1. The van der Waals surface area contributed by atoms with Gasteiger partial charge in [-0.15, -0.1) is 0 Å². The summed E-state index contributed by atoms with van der Waals surface area (Å²) in [6, 6.07) is 16.8. The molecule has 1 N–H and O–H groups in total. The molecule has 5 nitrogen and oxygen atoms in total. The maximum absolute atomic E-state index is 13.0. The molecule has 0 spiro atoms. The number of para-hydroxylation sites is 2. The molecule has 0 saturated carbocycles. The molecule has 1 aromatic heterocycles. The van der Waals surface area contributed by atoms with E-state index in [4.69, 9.17) is 4.74 Å². The first-order chi connectivity index (χ1) is 14.5. The molecular formula is C25H31N3O2. The second-order valence-corrected chi connectivity index (χ2v) is 8.64. The van der Waals surface area contributed by atoms with Gasteiger partial charge in [0.05, 0.1) is 17.0 Å². The Morgan fingerprint density at radius 2 is 1.83 bits per heavy atom. The first-order valence-electron chi connectivity index (χ1n) is 10.8. The van der Waals surface area contributed by atoms with Crippen molar-refractivity contribution < 1.29 is 9.53 Å². The largest absolute Gasteiger partial charge is 0.381 e. The van der Waals surface area contributed by atoms with Gasteiger partial charge in [0.15, 0.2) is 0 Å². The summed E-state index contributed by atoms with van der Waals surface area (Å²) in [7, 11) is 0. The predicted octanol–water partition coefficient (Wildman–Crippen LogP) is 4.15. The van der Waals surface area contributed by atoms with Crippen LogP contribution >= 0.6 is 0 Å². The number of carbonyl (C=O) groups is 1. The van der Waals surface area contributed by atoms with Crippen LogP contribution in [-0.4, -0.2) is 35.2 Å². The average Bonchev–Trinajstić information content (AvgIpc) is 3.08. The van der Waals surface area contributed by atoms with Crippen molar-refractivity contribution in [3.8, 4) is 0 Å². The van der Waals surface area contributed by atoms with Gasteiger partial charge in [0.1, 0.15) is 5.82 Å². The molecule has 0 radical (unpaired) electrons. The number of hydrogen-bond donors (Lipinski definition) is 1. The molecule has 1 aliphatic rings. The van der Waals surface area contributed by atoms with E-state index in [1.807, 2.05) is 32.0 Å². The number of imidazole rings is 1. The number of fused-ring (bicyclic) bond motifs is 1. The predicted molar refractivity (Wildman–Crippen MR) is 120 cm³/mol. The van der Waals surface area contributed by atoms with Gasteiger partial charge in [0.25, 0.3) is 0 Å². The Bertz CT molecular complexity index is 1020. The zero-order valence-electron chi connectivity index (χ0n) is 18.1. The number of amides is 1. The summed E-state index contributed by atoms with van der Waals surface area (Å²) in [5, 5.41) is 3.26. The fourth-order valence-corrected chi connectivity index (χ4v) is 4.45. The van der Waals surface area contributed by atoms with Gasteiger partial charge < -0.3 is 14.6 Å². The highest BCUT2D eigenvalue weighted by molar-refractivity contribution is 5.79. The van der Waals surface area contributed by atoms with E-state index < -0.39 is 0 Å². The molecule has 4 rings (SSSR count). The lowest BCUT2D eigenvalue weighted by molar-refractivity contribution is -0.125. The molecule has 5 heteroatoms. The minimum absolute atomic E-state index is 0.0566. The molecule has 0 unspecified atom stereocenters. The van der Waals surface area contributed by atoms with E-state index in [0.717, 1.165) is 42.9 Å². The Morgan fingerprint density at radius 3 is 2.57 bits per heavy atom. The number of hydrogen-bond acceptors (Lipinski definition) is 3. The highest BCUT2D eigenvalue weighted by Crippen LogP contribution is 2.34. The molecule has 1 saturated heterocycles. The van der Waals surface area contributed by atoms with Crippen LogP contribution in [-0.2, 0) is 21.5 Å². The summed E-state index contributed by atoms with van der Waals surface area (Å²) >= 11 is 0. The SMILES string of the molecule is Cc1ccc(C2(CNC(=O)[C@H](C)Cn3c(C)nc4ccccc43)CCOCC2)cc1. The van der Waals surface area contributed by atoms with Gasteiger partial charge in [-0.2, -0.15) is 0 Å². The van der Waals surface area contributed by atoms with Crippen LogP contribution in [0.15, 0.2) is 48.5 Å². The zero-order valence-corrected chi connectivity index (χ0v) is 18.1. The minimum atomic E-state index is -0.142. The van der Waals surface area contributed by atoms with Gasteiger partial charge >= 0.3 is 0 Å². The van der Waals surface area contributed by atoms with Crippen molar-refractivity contribution in [1.29, 1.82) is 0 Å². The van der Waals surface area contributed by atoms with E-state index in [-0.39, 0.29) is 17.2 Å². The monoisotopic (exact) mass is 405 g/mol. The lowest BCUT2D eigenvalue weighted by Crippen LogP contribution is -2.46. The molecule has 30 heavy (non-hydrogen) atoms. The maximum atomic E-state index is 13.0. The van der Waals surface area contributed by atoms with Gasteiger partial charge in [-0.1, -0.05) is 48.9 Å². The summed E-state index contributed by atoms with van der Waals surface area (Å²) in [6.07, 6.45) is 1.85. The Morgan fingerprint density at radius 1 is 1.13 bits per heavy atom. The van der Waals surface area contributed by atoms with Crippen LogP contribution in [0.4, 0.5) is 0 Å². The van der Waals surface area contributed by atoms with Crippen molar-refractivity contribution in [2.75, 3.05) is 19.8 Å². The van der Waals surface area contributed by atoms with Crippen LogP contribution in [0.25, 0.3) is 11.0 Å². The molecule has 1 amide bonds. The number of benzene rings is 2. The van der Waals surface area contributed by atoms with Gasteiger partial charge in [0, 0.05) is 31.7 Å². The fourth-order valence-electron chi connectivity index (χ4n) is 4.45. The van der Waals surface area contributed by atoms with Crippen LogP contribution in [0.2, 0.25) is 0 Å². The molecule has 1 atom stereocenters. The third kappa shape index (κ3) is 4.12. The number of carbonyl (C=O) groups excluding carboxylic acids is 1. The van der Waals surface area contributed by atoms with Crippen LogP contribution in [0.3, 0.4) is 0 Å². The lowest BCUT2D eigenvalue weighted by Gasteiger charge is -2.38. The Labute approximate surface area is 178 Å². The molecule has 0 bridgehead atoms. The Balaban J connectivity index is 1.46.